The van der Waals surface area contributed by atoms with Crippen LogP contribution >= 0.6 is 22.6 Å². The van der Waals surface area contributed by atoms with E-state index in [0.717, 1.165) is 9.13 Å². The lowest BCUT2D eigenvalue weighted by Gasteiger charge is -2.29. The van der Waals surface area contributed by atoms with Gasteiger partial charge in [0.05, 0.1) is 12.7 Å². The third-order valence-electron chi connectivity index (χ3n) is 5.21. The number of carbonyl (C=O) groups excluding carboxylic acids is 1. The normalized spacial score (nSPS) is 15.2. The summed E-state index contributed by atoms with van der Waals surface area (Å²) in [5.41, 5.74) is 2.82. The Morgan fingerprint density at radius 3 is 2.78 bits per heavy atom. The zero-order valence-electron chi connectivity index (χ0n) is 17.8. The molecule has 1 aliphatic rings. The van der Waals surface area contributed by atoms with E-state index < -0.39 is 6.04 Å². The number of ether oxygens (including phenoxy) is 1. The van der Waals surface area contributed by atoms with Crippen LogP contribution in [0.5, 0.6) is 5.75 Å². The van der Waals surface area contributed by atoms with E-state index in [-0.39, 0.29) is 12.5 Å². The average Bonchev–Trinajstić information content (AvgIpc) is 3.20. The summed E-state index contributed by atoms with van der Waals surface area (Å²) >= 11 is 2.23. The van der Waals surface area contributed by atoms with E-state index in [4.69, 9.17) is 4.74 Å². The van der Waals surface area contributed by atoms with Crippen LogP contribution in [0.2, 0.25) is 0 Å². The van der Waals surface area contributed by atoms with Gasteiger partial charge in [0.1, 0.15) is 11.8 Å². The Kier molecular flexibility index (Phi) is 6.75. The summed E-state index contributed by atoms with van der Waals surface area (Å²) in [5.74, 6) is 1.65. The number of nitrogens with one attached hydrogen (secondary N) is 2. The molecule has 0 aliphatic carbocycles. The fourth-order valence-corrected chi connectivity index (χ4v) is 4.04. The van der Waals surface area contributed by atoms with Gasteiger partial charge >= 0.3 is 0 Å². The first-order chi connectivity index (χ1) is 15.5. The van der Waals surface area contributed by atoms with Gasteiger partial charge in [-0.2, -0.15) is 10.1 Å². The number of benzene rings is 2. The first-order valence-electron chi connectivity index (χ1n) is 10.2. The highest BCUT2D eigenvalue weighted by Crippen LogP contribution is 2.36. The van der Waals surface area contributed by atoms with Crippen molar-refractivity contribution < 1.29 is 14.6 Å². The number of carbonyl (C=O) groups is 1. The molecule has 3 N–H and O–H groups in total. The Hall–Kier alpha value is -2.92. The Morgan fingerprint density at radius 2 is 2.06 bits per heavy atom. The number of halogens is 1. The van der Waals surface area contributed by atoms with Gasteiger partial charge in [0.2, 0.25) is 5.95 Å². The molecule has 0 radical (unpaired) electrons. The molecule has 1 atom stereocenters. The molecule has 9 heteroatoms. The van der Waals surface area contributed by atoms with Gasteiger partial charge < -0.3 is 20.5 Å². The van der Waals surface area contributed by atoms with Gasteiger partial charge in [0, 0.05) is 28.0 Å². The van der Waals surface area contributed by atoms with Crippen LogP contribution in [0.25, 0.3) is 0 Å². The average molecular weight is 545 g/mol. The zero-order valence-corrected chi connectivity index (χ0v) is 20.0. The molecule has 4 rings (SSSR count). The molecule has 1 aliphatic heterocycles. The molecule has 1 amide bonds. The fourth-order valence-electron chi connectivity index (χ4n) is 3.68. The number of allylic oxidation sites excluding steroid dienone is 1. The van der Waals surface area contributed by atoms with Gasteiger partial charge in [0.25, 0.3) is 5.91 Å². The largest absolute Gasteiger partial charge is 0.497 e. The Labute approximate surface area is 199 Å². The molecule has 3 aromatic rings. The second-order valence-corrected chi connectivity index (χ2v) is 8.67. The molecule has 0 bridgehead atoms. The number of hydrogen-bond acceptors (Lipinski definition) is 6. The molecule has 0 unspecified atom stereocenters. The fraction of sp³-hybridized carbons (Fsp3) is 0.261. The summed E-state index contributed by atoms with van der Waals surface area (Å²) in [6, 6.07) is 14.8. The molecular weight excluding hydrogens is 521 g/mol. The summed E-state index contributed by atoms with van der Waals surface area (Å²) in [6.07, 6.45) is 1.12. The number of rotatable bonds is 7. The third kappa shape index (κ3) is 4.63. The van der Waals surface area contributed by atoms with Crippen molar-refractivity contribution in [3.05, 3.63) is 74.8 Å². The topological polar surface area (TPSA) is 101 Å². The van der Waals surface area contributed by atoms with Crippen molar-refractivity contribution in [3.63, 3.8) is 0 Å². The smallest absolute Gasteiger partial charge is 0.255 e. The maximum atomic E-state index is 13.5. The van der Waals surface area contributed by atoms with Crippen LogP contribution in [0, 0.1) is 3.57 Å². The van der Waals surface area contributed by atoms with E-state index >= 15 is 0 Å². The third-order valence-corrected chi connectivity index (χ3v) is 5.93. The quantitative estimate of drug-likeness (QED) is 0.391. The van der Waals surface area contributed by atoms with E-state index in [1.807, 2.05) is 55.5 Å². The number of aryl methyl sites for hydroxylation is 1. The van der Waals surface area contributed by atoms with Crippen LogP contribution in [-0.2, 0) is 11.2 Å². The maximum absolute atomic E-state index is 13.5. The molecule has 32 heavy (non-hydrogen) atoms. The van der Waals surface area contributed by atoms with Crippen molar-refractivity contribution in [2.75, 3.05) is 24.4 Å². The Morgan fingerprint density at radius 1 is 1.28 bits per heavy atom. The zero-order chi connectivity index (χ0) is 22.7. The van der Waals surface area contributed by atoms with E-state index in [2.05, 4.69) is 43.3 Å². The van der Waals surface area contributed by atoms with Crippen molar-refractivity contribution in [1.29, 1.82) is 0 Å². The van der Waals surface area contributed by atoms with Gasteiger partial charge in [-0.05, 0) is 77.9 Å². The number of fused-ring (bicyclic) bond motifs is 1. The molecule has 8 nitrogen and oxygen atoms in total. The minimum Gasteiger partial charge on any atom is -0.497 e. The summed E-state index contributed by atoms with van der Waals surface area (Å²) in [6.45, 7) is 1.93. The van der Waals surface area contributed by atoms with Crippen molar-refractivity contribution in [2.45, 2.75) is 25.8 Å². The van der Waals surface area contributed by atoms with Crippen molar-refractivity contribution in [2.24, 2.45) is 0 Å². The highest BCUT2D eigenvalue weighted by Gasteiger charge is 2.34. The van der Waals surface area contributed by atoms with Gasteiger partial charge in [-0.25, -0.2) is 4.68 Å². The first-order valence-corrected chi connectivity index (χ1v) is 11.3. The number of aliphatic hydroxyl groups excluding tert-OH is 1. The predicted octanol–water partition coefficient (Wildman–Crippen LogP) is 3.74. The van der Waals surface area contributed by atoms with Crippen LogP contribution in [0.3, 0.4) is 0 Å². The van der Waals surface area contributed by atoms with E-state index in [1.54, 1.807) is 11.8 Å². The lowest BCUT2D eigenvalue weighted by Crippen LogP contribution is -2.31. The van der Waals surface area contributed by atoms with E-state index in [9.17, 15) is 9.90 Å². The second-order valence-electron chi connectivity index (χ2n) is 7.43. The van der Waals surface area contributed by atoms with Crippen LogP contribution in [0.4, 0.5) is 11.6 Å². The standard InChI is InChI=1S/C23H24IN5O3/c1-14-20(22(31)26-17-10-8-16(24)9-11-17)21(15-5-3-6-18(13-15)32-2)29-23(25-14)27-19(28-29)7-4-12-30/h3,5-6,8-11,13,21,30H,4,7,12H2,1-2H3,(H,26,31)(H,25,27,28)/t21-/m1/s1. The van der Waals surface area contributed by atoms with Gasteiger partial charge in [-0.3, -0.25) is 4.79 Å². The maximum Gasteiger partial charge on any atom is 0.255 e. The second kappa shape index (κ2) is 9.70. The monoisotopic (exact) mass is 545 g/mol. The minimum absolute atomic E-state index is 0.0670. The number of methoxy groups -OCH3 is 1. The number of aliphatic hydroxyl groups is 1. The highest BCUT2D eigenvalue weighted by molar-refractivity contribution is 14.1. The van der Waals surface area contributed by atoms with E-state index in [1.165, 1.54) is 0 Å². The van der Waals surface area contributed by atoms with Crippen molar-refractivity contribution >= 4 is 40.1 Å². The number of hydrogen-bond donors (Lipinski definition) is 3. The minimum atomic E-state index is -0.486. The molecule has 0 fully saturated rings. The summed E-state index contributed by atoms with van der Waals surface area (Å²) in [7, 11) is 1.61. The lowest BCUT2D eigenvalue weighted by atomic mass is 9.95. The molecule has 0 saturated carbocycles. The number of nitrogens with zero attached hydrogens (tertiary/aromatic N) is 3. The highest BCUT2D eigenvalue weighted by atomic mass is 127. The molecule has 0 spiro atoms. The van der Waals surface area contributed by atoms with Crippen LogP contribution in [0.15, 0.2) is 59.8 Å². The van der Waals surface area contributed by atoms with Crippen molar-refractivity contribution in [1.82, 2.24) is 14.8 Å². The van der Waals surface area contributed by atoms with Gasteiger partial charge in [-0.15, -0.1) is 0 Å². The van der Waals surface area contributed by atoms with Crippen LogP contribution < -0.4 is 15.4 Å². The van der Waals surface area contributed by atoms with Crippen LogP contribution in [0.1, 0.15) is 30.8 Å². The molecule has 2 aromatic carbocycles. The molecule has 1 aromatic heterocycles. The Bertz CT molecular complexity index is 1160. The summed E-state index contributed by atoms with van der Waals surface area (Å²) in [5, 5.41) is 20.1. The lowest BCUT2D eigenvalue weighted by molar-refractivity contribution is -0.113. The van der Waals surface area contributed by atoms with Crippen LogP contribution in [-0.4, -0.2) is 39.5 Å². The first kappa shape index (κ1) is 22.3. The van der Waals surface area contributed by atoms with Crippen molar-refractivity contribution in [3.8, 4) is 5.75 Å². The number of amides is 1. The molecule has 2 heterocycles. The predicted molar refractivity (Wildman–Crippen MR) is 131 cm³/mol. The number of aromatic nitrogens is 3. The SMILES string of the molecule is COc1cccc([C@@H]2C(C(=O)Nc3ccc(I)cc3)=C(C)Nc3nc(CCCO)nn32)c1. The van der Waals surface area contributed by atoms with Gasteiger partial charge in [0.15, 0.2) is 5.82 Å². The summed E-state index contributed by atoms with van der Waals surface area (Å²) in [4.78, 5) is 18.0. The van der Waals surface area contributed by atoms with E-state index in [0.29, 0.717) is 47.3 Å². The summed E-state index contributed by atoms with van der Waals surface area (Å²) < 4.78 is 8.24. The molecule has 166 valence electrons. The molecular formula is C23H24IN5O3. The number of anilines is 2. The Balaban J connectivity index is 1.76. The van der Waals surface area contributed by atoms with Gasteiger partial charge in [-0.1, -0.05) is 12.1 Å². The molecule has 0 saturated heterocycles.